The van der Waals surface area contributed by atoms with Crippen LogP contribution in [0.3, 0.4) is 0 Å². The van der Waals surface area contributed by atoms with Gasteiger partial charge in [0.2, 0.25) is 0 Å². The lowest BCUT2D eigenvalue weighted by Gasteiger charge is -2.28. The number of hydrogen-bond acceptors (Lipinski definition) is 4. The van der Waals surface area contributed by atoms with Crippen molar-refractivity contribution in [3.63, 3.8) is 0 Å². The zero-order valence-corrected chi connectivity index (χ0v) is 10.5. The summed E-state index contributed by atoms with van der Waals surface area (Å²) in [6.45, 7) is 2.60. The van der Waals surface area contributed by atoms with Crippen LogP contribution in [0.4, 0.5) is 0 Å². The van der Waals surface area contributed by atoms with Gasteiger partial charge in [-0.3, -0.25) is 4.79 Å². The van der Waals surface area contributed by atoms with Crippen LogP contribution in [-0.4, -0.2) is 38.4 Å². The first-order valence-corrected chi connectivity index (χ1v) is 6.01. The first kappa shape index (κ1) is 13.5. The van der Waals surface area contributed by atoms with Crippen LogP contribution < -0.4 is 5.32 Å². The lowest BCUT2D eigenvalue weighted by molar-refractivity contribution is -0.148. The Morgan fingerprint density at radius 2 is 2.19 bits per heavy atom. The van der Waals surface area contributed by atoms with Gasteiger partial charge in [0.05, 0.1) is 13.2 Å². The maximum absolute atomic E-state index is 11.5. The van der Waals surface area contributed by atoms with Crippen molar-refractivity contribution in [2.45, 2.75) is 50.7 Å². The molecule has 1 saturated carbocycles. The van der Waals surface area contributed by atoms with Crippen LogP contribution in [0, 0.1) is 0 Å². The second-order valence-electron chi connectivity index (χ2n) is 4.60. The van der Waals surface area contributed by atoms with Crippen LogP contribution in [0.1, 0.15) is 39.0 Å². The van der Waals surface area contributed by atoms with E-state index in [1.54, 1.807) is 7.05 Å². The Morgan fingerprint density at radius 3 is 2.62 bits per heavy atom. The van der Waals surface area contributed by atoms with Crippen LogP contribution in [0.2, 0.25) is 0 Å². The van der Waals surface area contributed by atoms with Gasteiger partial charge in [-0.15, -0.1) is 0 Å². The molecule has 0 aromatic rings. The summed E-state index contributed by atoms with van der Waals surface area (Å²) in [6.07, 6.45) is 5.77. The van der Waals surface area contributed by atoms with E-state index in [0.717, 1.165) is 19.4 Å². The molecule has 16 heavy (non-hydrogen) atoms. The number of carbonyl (C=O) groups excluding carboxylic acids is 1. The molecule has 0 spiro atoms. The van der Waals surface area contributed by atoms with Gasteiger partial charge in [0.15, 0.2) is 0 Å². The molecule has 1 atom stereocenters. The Labute approximate surface area is 97.7 Å². The lowest BCUT2D eigenvalue weighted by Crippen LogP contribution is -2.48. The predicted octanol–water partition coefficient (Wildman–Crippen LogP) is 1.49. The number of esters is 1. The fourth-order valence-electron chi connectivity index (χ4n) is 1.77. The Morgan fingerprint density at radius 1 is 1.50 bits per heavy atom. The van der Waals surface area contributed by atoms with E-state index in [1.807, 2.05) is 6.92 Å². The van der Waals surface area contributed by atoms with E-state index in [1.165, 1.54) is 26.4 Å². The first-order chi connectivity index (χ1) is 7.62. The van der Waals surface area contributed by atoms with Gasteiger partial charge >= 0.3 is 5.97 Å². The molecule has 1 rings (SSSR count). The van der Waals surface area contributed by atoms with Gasteiger partial charge in [-0.1, -0.05) is 0 Å². The van der Waals surface area contributed by atoms with Gasteiger partial charge in [0, 0.05) is 6.61 Å². The van der Waals surface area contributed by atoms with Crippen molar-refractivity contribution in [3.8, 4) is 0 Å². The van der Waals surface area contributed by atoms with Gasteiger partial charge in [-0.2, -0.15) is 0 Å². The number of hydrogen-bond donors (Lipinski definition) is 1. The molecule has 4 heteroatoms. The van der Waals surface area contributed by atoms with Crippen molar-refractivity contribution in [2.24, 2.45) is 0 Å². The number of ether oxygens (including phenoxy) is 2. The molecule has 0 aromatic heterocycles. The van der Waals surface area contributed by atoms with E-state index in [-0.39, 0.29) is 5.97 Å². The number of methoxy groups -OCH3 is 1. The maximum Gasteiger partial charge on any atom is 0.325 e. The highest BCUT2D eigenvalue weighted by Crippen LogP contribution is 2.22. The summed E-state index contributed by atoms with van der Waals surface area (Å²) in [5, 5.41) is 3.02. The van der Waals surface area contributed by atoms with Crippen LogP contribution in [0.25, 0.3) is 0 Å². The molecular formula is C12H23NO3. The topological polar surface area (TPSA) is 47.6 Å². The van der Waals surface area contributed by atoms with Crippen molar-refractivity contribution in [1.29, 1.82) is 0 Å². The molecule has 0 aliphatic heterocycles. The van der Waals surface area contributed by atoms with Gasteiger partial charge in [-0.25, -0.2) is 0 Å². The molecule has 1 N–H and O–H groups in total. The van der Waals surface area contributed by atoms with E-state index < -0.39 is 5.54 Å². The number of likely N-dealkylation sites (N-methyl/N-ethyl adjacent to an activating group) is 1. The second-order valence-corrected chi connectivity index (χ2v) is 4.60. The SMILES string of the molecule is CNC(C)(CCCOC1CCC1)C(=O)OC. The van der Waals surface area contributed by atoms with Crippen molar-refractivity contribution < 1.29 is 14.3 Å². The van der Waals surface area contributed by atoms with Crippen LogP contribution >= 0.6 is 0 Å². The van der Waals surface area contributed by atoms with Gasteiger partial charge in [0.25, 0.3) is 0 Å². The van der Waals surface area contributed by atoms with E-state index >= 15 is 0 Å². The normalized spacial score (nSPS) is 19.9. The Kier molecular flexibility index (Phi) is 5.22. The van der Waals surface area contributed by atoms with Crippen molar-refractivity contribution in [2.75, 3.05) is 20.8 Å². The molecule has 1 unspecified atom stereocenters. The quantitative estimate of drug-likeness (QED) is 0.531. The highest BCUT2D eigenvalue weighted by molar-refractivity contribution is 5.80. The third kappa shape index (κ3) is 3.46. The van der Waals surface area contributed by atoms with Crippen molar-refractivity contribution in [1.82, 2.24) is 5.32 Å². The number of nitrogens with one attached hydrogen (secondary N) is 1. The predicted molar refractivity (Wildman–Crippen MR) is 62.3 cm³/mol. The minimum atomic E-state index is -0.586. The van der Waals surface area contributed by atoms with Crippen molar-refractivity contribution in [3.05, 3.63) is 0 Å². The molecule has 94 valence electrons. The summed E-state index contributed by atoms with van der Waals surface area (Å²) in [5.41, 5.74) is -0.586. The zero-order chi connectivity index (χ0) is 12.0. The molecular weight excluding hydrogens is 206 g/mol. The minimum Gasteiger partial charge on any atom is -0.468 e. The summed E-state index contributed by atoms with van der Waals surface area (Å²) in [7, 11) is 3.20. The Hall–Kier alpha value is -0.610. The summed E-state index contributed by atoms with van der Waals surface area (Å²) < 4.78 is 10.4. The monoisotopic (exact) mass is 229 g/mol. The average molecular weight is 229 g/mol. The molecule has 0 saturated heterocycles. The molecule has 0 radical (unpaired) electrons. The number of carbonyl (C=O) groups is 1. The van der Waals surface area contributed by atoms with Gasteiger partial charge in [0.1, 0.15) is 5.54 Å². The molecule has 1 aliphatic rings. The standard InChI is InChI=1S/C12H23NO3/c1-12(13-2,11(14)15-3)8-5-9-16-10-6-4-7-10/h10,13H,4-9H2,1-3H3. The summed E-state index contributed by atoms with van der Waals surface area (Å²) in [5.74, 6) is -0.210. The van der Waals surface area contributed by atoms with E-state index in [4.69, 9.17) is 9.47 Å². The van der Waals surface area contributed by atoms with Crippen molar-refractivity contribution >= 4 is 5.97 Å². The fourth-order valence-corrected chi connectivity index (χ4v) is 1.77. The van der Waals surface area contributed by atoms with Gasteiger partial charge < -0.3 is 14.8 Å². The number of rotatable bonds is 7. The Balaban J connectivity index is 2.19. The minimum absolute atomic E-state index is 0.210. The maximum atomic E-state index is 11.5. The molecule has 1 fully saturated rings. The second kappa shape index (κ2) is 6.21. The molecule has 4 nitrogen and oxygen atoms in total. The summed E-state index contributed by atoms with van der Waals surface area (Å²) >= 11 is 0. The molecule has 0 amide bonds. The highest BCUT2D eigenvalue weighted by atomic mass is 16.5. The first-order valence-electron chi connectivity index (χ1n) is 6.01. The smallest absolute Gasteiger partial charge is 0.325 e. The van der Waals surface area contributed by atoms with E-state index in [2.05, 4.69) is 5.32 Å². The summed E-state index contributed by atoms with van der Waals surface area (Å²) in [4.78, 5) is 11.5. The lowest BCUT2D eigenvalue weighted by atomic mass is 9.95. The molecule has 0 aromatic carbocycles. The van der Waals surface area contributed by atoms with E-state index in [9.17, 15) is 4.79 Å². The van der Waals surface area contributed by atoms with Crippen LogP contribution in [0.15, 0.2) is 0 Å². The molecule has 1 aliphatic carbocycles. The van der Waals surface area contributed by atoms with E-state index in [0.29, 0.717) is 6.10 Å². The zero-order valence-electron chi connectivity index (χ0n) is 10.5. The highest BCUT2D eigenvalue weighted by Gasteiger charge is 2.31. The largest absolute Gasteiger partial charge is 0.468 e. The molecule has 0 bridgehead atoms. The molecule has 0 heterocycles. The van der Waals surface area contributed by atoms with Crippen LogP contribution in [0.5, 0.6) is 0 Å². The van der Waals surface area contributed by atoms with Gasteiger partial charge in [-0.05, 0) is 46.1 Å². The third-order valence-electron chi connectivity index (χ3n) is 3.41. The third-order valence-corrected chi connectivity index (χ3v) is 3.41. The summed E-state index contributed by atoms with van der Waals surface area (Å²) in [6, 6.07) is 0. The Bertz CT molecular complexity index is 228. The van der Waals surface area contributed by atoms with Crippen LogP contribution in [-0.2, 0) is 14.3 Å². The average Bonchev–Trinajstić information content (AvgIpc) is 2.24. The fraction of sp³-hybridized carbons (Fsp3) is 0.917.